The molecule has 1 aromatic carbocycles. The second-order valence-electron chi connectivity index (χ2n) is 4.54. The number of hydrogen-bond donors (Lipinski definition) is 1. The first-order valence-electron chi connectivity index (χ1n) is 5.95. The zero-order valence-corrected chi connectivity index (χ0v) is 10.5. The van der Waals surface area contributed by atoms with Crippen molar-refractivity contribution in [3.05, 3.63) is 48.8 Å². The van der Waals surface area contributed by atoms with Gasteiger partial charge in [-0.3, -0.25) is 0 Å². The van der Waals surface area contributed by atoms with E-state index in [0.717, 1.165) is 11.0 Å². The van der Waals surface area contributed by atoms with Crippen molar-refractivity contribution in [3.63, 3.8) is 0 Å². The monoisotopic (exact) mass is 237 g/mol. The van der Waals surface area contributed by atoms with Crippen molar-refractivity contribution in [1.29, 1.82) is 0 Å². The van der Waals surface area contributed by atoms with Crippen molar-refractivity contribution in [3.8, 4) is 11.1 Å². The lowest BCUT2D eigenvalue weighted by Gasteiger charge is -2.12. The number of rotatable bonds is 2. The lowest BCUT2D eigenvalue weighted by molar-refractivity contribution is 1.13. The Balaban J connectivity index is 2.11. The molecule has 2 heterocycles. The molecule has 0 aliphatic rings. The topological polar surface area (TPSA) is 31.9 Å². The highest BCUT2D eigenvalue weighted by Gasteiger charge is 2.05. The average molecular weight is 237 g/mol. The maximum Gasteiger partial charge on any atom is 0.137 e. The summed E-state index contributed by atoms with van der Waals surface area (Å²) in [5, 5.41) is 1.16. The van der Waals surface area contributed by atoms with Gasteiger partial charge >= 0.3 is 0 Å². The Morgan fingerprint density at radius 1 is 1.00 bits per heavy atom. The molecular formula is C15H15N3. The van der Waals surface area contributed by atoms with Crippen LogP contribution < -0.4 is 4.90 Å². The van der Waals surface area contributed by atoms with E-state index in [4.69, 9.17) is 0 Å². The Morgan fingerprint density at radius 3 is 2.50 bits per heavy atom. The second-order valence-corrected chi connectivity index (χ2v) is 4.54. The molecule has 0 fully saturated rings. The van der Waals surface area contributed by atoms with Gasteiger partial charge in [0.05, 0.1) is 0 Å². The molecule has 3 heteroatoms. The molecule has 0 saturated heterocycles. The van der Waals surface area contributed by atoms with Gasteiger partial charge in [-0.2, -0.15) is 0 Å². The molecule has 0 aliphatic carbocycles. The highest BCUT2D eigenvalue weighted by Crippen LogP contribution is 2.28. The fourth-order valence-electron chi connectivity index (χ4n) is 2.15. The van der Waals surface area contributed by atoms with Gasteiger partial charge in [0, 0.05) is 37.6 Å². The van der Waals surface area contributed by atoms with Crippen LogP contribution in [0.1, 0.15) is 0 Å². The zero-order valence-electron chi connectivity index (χ0n) is 10.5. The predicted octanol–water partition coefficient (Wildman–Crippen LogP) is 3.30. The van der Waals surface area contributed by atoms with E-state index >= 15 is 0 Å². The largest absolute Gasteiger partial charge is 0.378 e. The van der Waals surface area contributed by atoms with Gasteiger partial charge in [0.2, 0.25) is 0 Å². The predicted molar refractivity (Wildman–Crippen MR) is 75.9 cm³/mol. The molecule has 0 saturated carbocycles. The number of anilines is 1. The third kappa shape index (κ3) is 1.74. The van der Waals surface area contributed by atoms with Crippen LogP contribution in [0.25, 0.3) is 22.2 Å². The van der Waals surface area contributed by atoms with Crippen molar-refractivity contribution >= 4 is 16.7 Å². The Hall–Kier alpha value is -2.29. The smallest absolute Gasteiger partial charge is 0.137 e. The minimum Gasteiger partial charge on any atom is -0.378 e. The van der Waals surface area contributed by atoms with Gasteiger partial charge < -0.3 is 9.88 Å². The number of aromatic nitrogens is 2. The first kappa shape index (κ1) is 10.8. The summed E-state index contributed by atoms with van der Waals surface area (Å²) in [5.41, 5.74) is 4.57. The number of H-pyrrole nitrogens is 1. The normalized spacial score (nSPS) is 10.8. The van der Waals surface area contributed by atoms with Crippen molar-refractivity contribution in [2.45, 2.75) is 0 Å². The Bertz CT molecular complexity index is 666. The van der Waals surface area contributed by atoms with Crippen LogP contribution in [-0.4, -0.2) is 24.1 Å². The molecule has 0 unspecified atom stereocenters. The molecule has 90 valence electrons. The van der Waals surface area contributed by atoms with E-state index in [0.29, 0.717) is 0 Å². The van der Waals surface area contributed by atoms with Crippen LogP contribution in [0.15, 0.2) is 48.8 Å². The lowest BCUT2D eigenvalue weighted by atomic mass is 10.0. The Labute approximate surface area is 106 Å². The number of aromatic amines is 1. The SMILES string of the molecule is CN(C)c1ccc(-c2ccnc3[nH]ccc23)cc1. The highest BCUT2D eigenvalue weighted by atomic mass is 15.1. The summed E-state index contributed by atoms with van der Waals surface area (Å²) in [5.74, 6) is 0. The molecule has 0 bridgehead atoms. The van der Waals surface area contributed by atoms with Crippen LogP contribution in [0.2, 0.25) is 0 Å². The molecule has 18 heavy (non-hydrogen) atoms. The molecule has 3 rings (SSSR count). The van der Waals surface area contributed by atoms with E-state index in [9.17, 15) is 0 Å². The van der Waals surface area contributed by atoms with Crippen LogP contribution in [0.3, 0.4) is 0 Å². The van der Waals surface area contributed by atoms with Crippen molar-refractivity contribution in [1.82, 2.24) is 9.97 Å². The minimum absolute atomic E-state index is 0.934. The van der Waals surface area contributed by atoms with Crippen LogP contribution in [0, 0.1) is 0 Å². The third-order valence-electron chi connectivity index (χ3n) is 3.15. The summed E-state index contributed by atoms with van der Waals surface area (Å²) in [6, 6.07) is 12.7. The van der Waals surface area contributed by atoms with Crippen LogP contribution >= 0.6 is 0 Å². The summed E-state index contributed by atoms with van der Waals surface area (Å²) in [6.07, 6.45) is 3.77. The quantitative estimate of drug-likeness (QED) is 0.741. The molecule has 0 amide bonds. The van der Waals surface area contributed by atoms with Gasteiger partial charge in [0.1, 0.15) is 5.65 Å². The van der Waals surface area contributed by atoms with Gasteiger partial charge in [-0.05, 0) is 35.4 Å². The lowest BCUT2D eigenvalue weighted by Crippen LogP contribution is -2.07. The summed E-state index contributed by atoms with van der Waals surface area (Å²) in [4.78, 5) is 9.55. The molecule has 3 aromatic rings. The van der Waals surface area contributed by atoms with Crippen molar-refractivity contribution in [2.75, 3.05) is 19.0 Å². The van der Waals surface area contributed by atoms with Gasteiger partial charge in [-0.15, -0.1) is 0 Å². The van der Waals surface area contributed by atoms with Gasteiger partial charge in [-0.1, -0.05) is 12.1 Å². The molecule has 2 aromatic heterocycles. The van der Waals surface area contributed by atoms with E-state index < -0.39 is 0 Å². The summed E-state index contributed by atoms with van der Waals surface area (Å²) < 4.78 is 0. The van der Waals surface area contributed by atoms with Crippen molar-refractivity contribution in [2.24, 2.45) is 0 Å². The van der Waals surface area contributed by atoms with E-state index in [2.05, 4.69) is 51.3 Å². The molecule has 0 radical (unpaired) electrons. The third-order valence-corrected chi connectivity index (χ3v) is 3.15. The summed E-state index contributed by atoms with van der Waals surface area (Å²) in [7, 11) is 4.09. The molecule has 0 atom stereocenters. The average Bonchev–Trinajstić information content (AvgIpc) is 2.87. The van der Waals surface area contributed by atoms with Gasteiger partial charge in [0.15, 0.2) is 0 Å². The van der Waals surface area contributed by atoms with Crippen molar-refractivity contribution < 1.29 is 0 Å². The number of pyridine rings is 1. The first-order valence-corrected chi connectivity index (χ1v) is 5.95. The number of benzene rings is 1. The Morgan fingerprint density at radius 2 is 1.78 bits per heavy atom. The fourth-order valence-corrected chi connectivity index (χ4v) is 2.15. The molecule has 0 spiro atoms. The maximum atomic E-state index is 4.31. The van der Waals surface area contributed by atoms with Crippen LogP contribution in [0.4, 0.5) is 5.69 Å². The van der Waals surface area contributed by atoms with E-state index in [1.54, 1.807) is 0 Å². The van der Waals surface area contributed by atoms with Crippen LogP contribution in [0.5, 0.6) is 0 Å². The van der Waals surface area contributed by atoms with Gasteiger partial charge in [0.25, 0.3) is 0 Å². The minimum atomic E-state index is 0.934. The van der Waals surface area contributed by atoms with Gasteiger partial charge in [-0.25, -0.2) is 4.98 Å². The molecular weight excluding hydrogens is 222 g/mol. The van der Waals surface area contributed by atoms with Crippen LogP contribution in [-0.2, 0) is 0 Å². The van der Waals surface area contributed by atoms with E-state index in [1.165, 1.54) is 16.8 Å². The second kappa shape index (κ2) is 4.18. The Kier molecular flexibility index (Phi) is 2.52. The number of nitrogens with one attached hydrogen (secondary N) is 1. The fraction of sp³-hybridized carbons (Fsp3) is 0.133. The maximum absolute atomic E-state index is 4.31. The standard InChI is InChI=1S/C15H15N3/c1-18(2)12-5-3-11(4-6-12)13-7-9-16-15-14(13)8-10-17-15/h3-10H,1-2H3,(H,16,17). The molecule has 0 aliphatic heterocycles. The van der Waals surface area contributed by atoms with E-state index in [1.807, 2.05) is 26.5 Å². The number of fused-ring (bicyclic) bond motifs is 1. The zero-order chi connectivity index (χ0) is 12.5. The first-order chi connectivity index (χ1) is 8.75. The molecule has 1 N–H and O–H groups in total. The number of hydrogen-bond acceptors (Lipinski definition) is 2. The number of nitrogens with zero attached hydrogens (tertiary/aromatic N) is 2. The summed E-state index contributed by atoms with van der Waals surface area (Å²) in [6.45, 7) is 0. The highest BCUT2D eigenvalue weighted by molar-refractivity contribution is 5.92. The summed E-state index contributed by atoms with van der Waals surface area (Å²) >= 11 is 0. The molecule has 3 nitrogen and oxygen atoms in total. The van der Waals surface area contributed by atoms with E-state index in [-0.39, 0.29) is 0 Å².